The molecule has 0 aromatic rings. The molecule has 5 aliphatic carbocycles. The first kappa shape index (κ1) is 21.5. The van der Waals surface area contributed by atoms with Crippen LogP contribution >= 0.6 is 0 Å². The molecule has 0 radical (unpaired) electrons. The van der Waals surface area contributed by atoms with Gasteiger partial charge in [0.15, 0.2) is 0 Å². The van der Waals surface area contributed by atoms with E-state index in [1.165, 1.54) is 0 Å². The van der Waals surface area contributed by atoms with E-state index in [-0.39, 0.29) is 48.1 Å². The van der Waals surface area contributed by atoms with Gasteiger partial charge in [-0.2, -0.15) is 0 Å². The van der Waals surface area contributed by atoms with Crippen molar-refractivity contribution < 1.29 is 22.8 Å². The zero-order chi connectivity index (χ0) is 22.5. The standard InChI is InChI=1S/C23H34F3N3O2/c1-18(2,3)28-16(30)9-29-6-4-19(5-7-29)8-15(19)27-17(31)20-10-21(24)13-22(25,11-20)23(26,12-20)14-21/h15H,4-14H2,1-3H3,(H,27,31)(H,28,30)/t15-,20?,21?,22?,23?/m1/s1. The van der Waals surface area contributed by atoms with Crippen molar-refractivity contribution in [3.05, 3.63) is 0 Å². The van der Waals surface area contributed by atoms with Crippen LogP contribution in [0.3, 0.4) is 0 Å². The molecule has 6 rings (SSSR count). The maximum absolute atomic E-state index is 15.1. The maximum Gasteiger partial charge on any atom is 0.234 e. The fourth-order valence-electron chi connectivity index (χ4n) is 7.29. The second-order valence-electron chi connectivity index (χ2n) is 12.4. The molecule has 0 aromatic carbocycles. The third-order valence-electron chi connectivity index (χ3n) is 8.60. The molecule has 1 spiro atoms. The lowest BCUT2D eigenvalue weighted by atomic mass is 9.67. The lowest BCUT2D eigenvalue weighted by molar-refractivity contribution is -0.139. The number of amides is 2. The average molecular weight is 442 g/mol. The smallest absolute Gasteiger partial charge is 0.234 e. The van der Waals surface area contributed by atoms with Crippen molar-refractivity contribution in [2.45, 2.75) is 101 Å². The number of likely N-dealkylation sites (tertiary alicyclic amines) is 1. The Hall–Kier alpha value is -1.31. The van der Waals surface area contributed by atoms with Crippen molar-refractivity contribution in [3.63, 3.8) is 0 Å². The molecule has 6 aliphatic rings. The molecule has 6 fully saturated rings. The van der Waals surface area contributed by atoms with Gasteiger partial charge in [0.2, 0.25) is 11.8 Å². The van der Waals surface area contributed by atoms with Crippen molar-refractivity contribution in [2.75, 3.05) is 19.6 Å². The molecule has 2 amide bonds. The number of rotatable bonds is 4. The Bertz CT molecular complexity index is 799. The summed E-state index contributed by atoms with van der Waals surface area (Å²) in [5.74, 6) is -0.348. The summed E-state index contributed by atoms with van der Waals surface area (Å²) in [5, 5.41) is 6.02. The van der Waals surface area contributed by atoms with Crippen LogP contribution in [0.15, 0.2) is 0 Å². The van der Waals surface area contributed by atoms with Crippen LogP contribution < -0.4 is 10.6 Å². The van der Waals surface area contributed by atoms with Crippen LogP contribution in [0.4, 0.5) is 13.2 Å². The van der Waals surface area contributed by atoms with Crippen molar-refractivity contribution in [1.29, 1.82) is 0 Å². The summed E-state index contributed by atoms with van der Waals surface area (Å²) in [7, 11) is 0. The Labute approximate surface area is 181 Å². The van der Waals surface area contributed by atoms with Gasteiger partial charge in [-0.1, -0.05) is 0 Å². The van der Waals surface area contributed by atoms with Crippen LogP contribution in [0.2, 0.25) is 0 Å². The number of carbonyl (C=O) groups excluding carboxylic acids is 2. The van der Waals surface area contributed by atoms with Crippen LogP contribution in [0.5, 0.6) is 0 Å². The molecule has 1 saturated heterocycles. The van der Waals surface area contributed by atoms with Gasteiger partial charge in [0.05, 0.1) is 12.0 Å². The lowest BCUT2D eigenvalue weighted by Crippen LogP contribution is -2.51. The molecule has 5 saturated carbocycles. The maximum atomic E-state index is 15.1. The number of alkyl halides is 3. The second-order valence-corrected chi connectivity index (χ2v) is 12.4. The van der Waals surface area contributed by atoms with Crippen LogP contribution in [-0.2, 0) is 9.59 Å². The Morgan fingerprint density at radius 1 is 0.968 bits per heavy atom. The Morgan fingerprint density at radius 2 is 1.55 bits per heavy atom. The SMILES string of the molecule is CC(C)(C)NC(=O)CN1CCC2(CC1)C[C@H]2NC(=O)C12CC3(F)CC(F)(C1)C(F)(C3)C2. The van der Waals surface area contributed by atoms with E-state index in [2.05, 4.69) is 15.5 Å². The molecule has 31 heavy (non-hydrogen) atoms. The summed E-state index contributed by atoms with van der Waals surface area (Å²) in [6.45, 7) is 7.79. The molecule has 8 heteroatoms. The fourth-order valence-corrected chi connectivity index (χ4v) is 7.29. The van der Waals surface area contributed by atoms with Gasteiger partial charge in [-0.15, -0.1) is 0 Å². The van der Waals surface area contributed by atoms with E-state index in [1.807, 2.05) is 20.8 Å². The van der Waals surface area contributed by atoms with Crippen molar-refractivity contribution >= 4 is 11.8 Å². The van der Waals surface area contributed by atoms with Gasteiger partial charge in [-0.05, 0) is 77.8 Å². The number of hydrogen-bond acceptors (Lipinski definition) is 3. The van der Waals surface area contributed by atoms with E-state index in [9.17, 15) is 14.0 Å². The number of halogens is 3. The van der Waals surface area contributed by atoms with Gasteiger partial charge in [-0.25, -0.2) is 13.2 Å². The first-order valence-corrected chi connectivity index (χ1v) is 11.6. The Balaban J connectivity index is 1.16. The van der Waals surface area contributed by atoms with Crippen LogP contribution in [0.25, 0.3) is 0 Å². The van der Waals surface area contributed by atoms with E-state index in [0.717, 1.165) is 32.4 Å². The van der Waals surface area contributed by atoms with Crippen LogP contribution in [0.1, 0.15) is 72.1 Å². The normalized spacial score (nSPS) is 45.2. The average Bonchev–Trinajstić information content (AvgIpc) is 3.16. The quantitative estimate of drug-likeness (QED) is 0.705. The summed E-state index contributed by atoms with van der Waals surface area (Å²) in [4.78, 5) is 27.4. The monoisotopic (exact) mass is 441 g/mol. The highest BCUT2D eigenvalue weighted by molar-refractivity contribution is 5.85. The van der Waals surface area contributed by atoms with Crippen molar-refractivity contribution in [1.82, 2.24) is 15.5 Å². The largest absolute Gasteiger partial charge is 0.352 e. The second kappa shape index (κ2) is 6.17. The number of nitrogens with one attached hydrogen (secondary N) is 2. The van der Waals surface area contributed by atoms with Gasteiger partial charge in [0, 0.05) is 24.4 Å². The molecule has 174 valence electrons. The van der Waals surface area contributed by atoms with Crippen molar-refractivity contribution in [2.24, 2.45) is 10.8 Å². The van der Waals surface area contributed by atoms with E-state index >= 15 is 8.78 Å². The minimum atomic E-state index is -2.20. The van der Waals surface area contributed by atoms with Gasteiger partial charge in [-0.3, -0.25) is 14.5 Å². The van der Waals surface area contributed by atoms with Crippen molar-refractivity contribution in [3.8, 4) is 0 Å². The first-order chi connectivity index (χ1) is 14.2. The van der Waals surface area contributed by atoms with E-state index in [1.54, 1.807) is 0 Å². The highest BCUT2D eigenvalue weighted by Gasteiger charge is 2.81. The number of carbonyl (C=O) groups is 2. The van der Waals surface area contributed by atoms with Gasteiger partial charge < -0.3 is 10.6 Å². The Kier molecular flexibility index (Phi) is 4.29. The van der Waals surface area contributed by atoms with Gasteiger partial charge in [0.25, 0.3) is 0 Å². The fraction of sp³-hybridized carbons (Fsp3) is 0.913. The molecule has 2 N–H and O–H groups in total. The summed E-state index contributed by atoms with van der Waals surface area (Å²) in [5.41, 5.74) is -7.78. The van der Waals surface area contributed by atoms with Gasteiger partial charge in [0.1, 0.15) is 17.0 Å². The molecule has 3 atom stereocenters. The molecular formula is C23H34F3N3O2. The third kappa shape index (κ3) is 3.39. The molecule has 1 heterocycles. The number of piperidine rings is 1. The van der Waals surface area contributed by atoms with Gasteiger partial charge >= 0.3 is 0 Å². The minimum absolute atomic E-state index is 0.00704. The van der Waals surface area contributed by atoms with E-state index in [4.69, 9.17) is 0 Å². The van der Waals surface area contributed by atoms with E-state index in [0.29, 0.717) is 6.54 Å². The summed E-state index contributed by atoms with van der Waals surface area (Å²) in [6, 6.07) is -0.0149. The third-order valence-corrected chi connectivity index (χ3v) is 8.60. The Morgan fingerprint density at radius 3 is 2.06 bits per heavy atom. The minimum Gasteiger partial charge on any atom is -0.352 e. The topological polar surface area (TPSA) is 61.4 Å². The summed E-state index contributed by atoms with van der Waals surface area (Å²) >= 11 is 0. The zero-order valence-corrected chi connectivity index (χ0v) is 18.8. The summed E-state index contributed by atoms with van der Waals surface area (Å²) in [6.07, 6.45) is 1.35. The lowest BCUT2D eigenvalue weighted by Gasteiger charge is -2.41. The molecule has 5 nitrogen and oxygen atoms in total. The van der Waals surface area contributed by atoms with E-state index < -0.39 is 35.3 Å². The molecule has 2 unspecified atom stereocenters. The predicted octanol–water partition coefficient (Wildman–Crippen LogP) is 2.97. The highest BCUT2D eigenvalue weighted by Crippen LogP contribution is 2.73. The van der Waals surface area contributed by atoms with Crippen LogP contribution in [0, 0.1) is 10.8 Å². The first-order valence-electron chi connectivity index (χ1n) is 11.6. The van der Waals surface area contributed by atoms with Crippen LogP contribution in [-0.4, -0.2) is 64.9 Å². The highest BCUT2D eigenvalue weighted by atomic mass is 19.2. The zero-order valence-electron chi connectivity index (χ0n) is 18.8. The number of hydrogen-bond donors (Lipinski definition) is 2. The predicted molar refractivity (Wildman–Crippen MR) is 110 cm³/mol. The molecular weight excluding hydrogens is 407 g/mol. The molecule has 0 aromatic heterocycles. The molecule has 1 aliphatic heterocycles. The number of nitrogens with zero attached hydrogens (tertiary/aromatic N) is 1. The summed E-state index contributed by atoms with van der Waals surface area (Å²) < 4.78 is 45.2. The molecule has 4 bridgehead atoms.